The molecule has 8 rings (SSSR count). The molecule has 58 heavy (non-hydrogen) atoms. The molecule has 0 radical (unpaired) electrons. The Kier molecular flexibility index (Phi) is 10.4. The number of aryl methyl sites for hydroxylation is 2. The van der Waals surface area contributed by atoms with Crippen molar-refractivity contribution in [1.82, 2.24) is 39.0 Å². The van der Waals surface area contributed by atoms with Gasteiger partial charge in [0.2, 0.25) is 11.9 Å². The van der Waals surface area contributed by atoms with E-state index in [-0.39, 0.29) is 35.1 Å². The van der Waals surface area contributed by atoms with Crippen molar-refractivity contribution in [3.8, 4) is 17.6 Å². The number of halogens is 7. The summed E-state index contributed by atoms with van der Waals surface area (Å²) in [5.41, 5.74) is 14.1. The minimum atomic E-state index is -4.42. The highest BCUT2D eigenvalue weighted by Crippen LogP contribution is 2.31. The molecule has 296 valence electrons. The van der Waals surface area contributed by atoms with Crippen LogP contribution in [0.1, 0.15) is 17.2 Å². The molecule has 20 heteroatoms. The third kappa shape index (κ3) is 8.64. The van der Waals surface area contributed by atoms with Crippen molar-refractivity contribution in [2.75, 3.05) is 22.1 Å². The molecule has 13 nitrogen and oxygen atoms in total. The first-order valence-corrected chi connectivity index (χ1v) is 16.9. The van der Waals surface area contributed by atoms with Crippen molar-refractivity contribution in [3.05, 3.63) is 126 Å². The third-order valence-electron chi connectivity index (χ3n) is 8.27. The Labute approximate surface area is 323 Å². The molecule has 8 aromatic rings. The fraction of sp³-hybridized carbons (Fsp3) is 0.105. The number of aromatic nitrogens is 8. The second kappa shape index (κ2) is 15.6. The molecule has 0 aliphatic carbocycles. The van der Waals surface area contributed by atoms with Crippen molar-refractivity contribution in [2.45, 2.75) is 26.6 Å². The Morgan fingerprint density at radius 1 is 0.586 bits per heavy atom. The fourth-order valence-electron chi connectivity index (χ4n) is 5.83. The normalized spacial score (nSPS) is 11.5. The number of nitrogens with two attached hydrogens (primary N) is 2. The molecule has 4 heterocycles. The van der Waals surface area contributed by atoms with Gasteiger partial charge in [0.15, 0.2) is 0 Å². The lowest BCUT2D eigenvalue weighted by Gasteiger charge is -2.11. The van der Waals surface area contributed by atoms with Gasteiger partial charge in [-0.15, -0.1) is 0 Å². The number of nitrogen functional groups attached to an aromatic ring is 2. The Morgan fingerprint density at radius 3 is 1.43 bits per heavy atom. The molecule has 6 N–H and O–H groups in total. The molecule has 0 amide bonds. The highest BCUT2D eigenvalue weighted by atomic mass is 19.4. The van der Waals surface area contributed by atoms with Crippen LogP contribution >= 0.6 is 0 Å². The Morgan fingerprint density at radius 2 is 1.02 bits per heavy atom. The van der Waals surface area contributed by atoms with Gasteiger partial charge < -0.3 is 26.8 Å². The molecule has 0 spiro atoms. The van der Waals surface area contributed by atoms with E-state index in [0.29, 0.717) is 50.9 Å². The van der Waals surface area contributed by atoms with Gasteiger partial charge in [0.1, 0.15) is 52.3 Å². The molecule has 0 aliphatic rings. The smallest absolute Gasteiger partial charge is 0.416 e. The van der Waals surface area contributed by atoms with Gasteiger partial charge in [0.05, 0.1) is 27.6 Å². The number of hydrogen-bond acceptors (Lipinski definition) is 11. The van der Waals surface area contributed by atoms with Crippen LogP contribution in [0.3, 0.4) is 0 Å². The number of rotatable bonds is 8. The number of imidazole rings is 2. The SMILES string of the molecule is Cc1nc2ccc(F)cc2n1-c1nc(N)cc(Nc2ccc(C(F)(F)F)cc2)n1.Cc1nc2ccc(F)cc2n1-c1nc(N)cc(Nc2ccc(OC(F)F)cc2)n1. The first-order chi connectivity index (χ1) is 27.6. The van der Waals surface area contributed by atoms with Gasteiger partial charge in [0, 0.05) is 35.6 Å². The van der Waals surface area contributed by atoms with E-state index in [9.17, 15) is 30.7 Å². The minimum Gasteiger partial charge on any atom is -0.435 e. The van der Waals surface area contributed by atoms with Crippen LogP contribution in [0.5, 0.6) is 5.75 Å². The average molecular weight is 803 g/mol. The van der Waals surface area contributed by atoms with Gasteiger partial charge in [-0.2, -0.15) is 41.9 Å². The summed E-state index contributed by atoms with van der Waals surface area (Å²) < 4.78 is 97.5. The second-order valence-electron chi connectivity index (χ2n) is 12.4. The molecule has 0 bridgehead atoms. The molecule has 4 aromatic carbocycles. The number of nitrogens with zero attached hydrogens (tertiary/aromatic N) is 8. The lowest BCUT2D eigenvalue weighted by Crippen LogP contribution is -2.08. The summed E-state index contributed by atoms with van der Waals surface area (Å²) in [4.78, 5) is 25.9. The van der Waals surface area contributed by atoms with E-state index in [1.54, 1.807) is 47.2 Å². The quantitative estimate of drug-likeness (QED) is 0.108. The van der Waals surface area contributed by atoms with Crippen LogP contribution in [0.2, 0.25) is 0 Å². The van der Waals surface area contributed by atoms with Crippen molar-refractivity contribution in [2.24, 2.45) is 0 Å². The molecular weight excluding hydrogens is 773 g/mol. The van der Waals surface area contributed by atoms with E-state index < -0.39 is 30.0 Å². The van der Waals surface area contributed by atoms with Crippen molar-refractivity contribution in [3.63, 3.8) is 0 Å². The van der Waals surface area contributed by atoms with Crippen LogP contribution < -0.4 is 26.8 Å². The maximum Gasteiger partial charge on any atom is 0.416 e. The summed E-state index contributed by atoms with van der Waals surface area (Å²) in [5.74, 6) is 1.61. The van der Waals surface area contributed by atoms with E-state index in [4.69, 9.17) is 11.5 Å². The summed E-state index contributed by atoms with van der Waals surface area (Å²) in [6, 6.07) is 21.8. The first kappa shape index (κ1) is 38.8. The number of ether oxygens (including phenoxy) is 1. The zero-order chi connectivity index (χ0) is 41.3. The lowest BCUT2D eigenvalue weighted by atomic mass is 10.2. The van der Waals surface area contributed by atoms with Crippen LogP contribution in [-0.2, 0) is 6.18 Å². The van der Waals surface area contributed by atoms with Crippen LogP contribution in [0.25, 0.3) is 34.0 Å². The summed E-state index contributed by atoms with van der Waals surface area (Å²) >= 11 is 0. The molecule has 4 aromatic heterocycles. The number of fused-ring (bicyclic) bond motifs is 2. The van der Waals surface area contributed by atoms with Crippen LogP contribution in [-0.4, -0.2) is 45.6 Å². The van der Waals surface area contributed by atoms with Gasteiger partial charge in [0.25, 0.3) is 0 Å². The monoisotopic (exact) mass is 802 g/mol. The standard InChI is InChI=1S/C19H14F4N6.C19H15F3N6O/c1-10-25-14-7-4-12(20)8-15(14)29(10)18-27-16(24)9-17(28-18)26-13-5-2-11(3-6-13)19(21,22)23;1-10-24-14-7-2-11(20)8-15(14)28(10)19-26-16(23)9-17(27-19)25-12-3-5-13(6-4-12)29-18(21)22/h2-9H,1H3,(H3,24,26,27,28);2-9,18H,1H3,(H3,23,25,26,27). The molecule has 0 aliphatic heterocycles. The predicted octanol–water partition coefficient (Wildman–Crippen LogP) is 8.80. The fourth-order valence-corrected chi connectivity index (χ4v) is 5.83. The first-order valence-electron chi connectivity index (χ1n) is 16.9. The van der Waals surface area contributed by atoms with Crippen molar-refractivity contribution >= 4 is 56.7 Å². The van der Waals surface area contributed by atoms with Crippen molar-refractivity contribution in [1.29, 1.82) is 0 Å². The van der Waals surface area contributed by atoms with E-state index >= 15 is 0 Å². The van der Waals surface area contributed by atoms with Crippen LogP contribution in [0, 0.1) is 25.5 Å². The maximum absolute atomic E-state index is 13.7. The van der Waals surface area contributed by atoms with Gasteiger partial charge in [-0.1, -0.05) is 0 Å². The molecular formula is C38H29F7N12O. The second-order valence-corrected chi connectivity index (χ2v) is 12.4. The predicted molar refractivity (Wildman–Crippen MR) is 203 cm³/mol. The molecule has 0 atom stereocenters. The van der Waals surface area contributed by atoms with Gasteiger partial charge in [-0.25, -0.2) is 18.7 Å². The topological polar surface area (TPSA) is 173 Å². The molecule has 0 saturated carbocycles. The zero-order valence-corrected chi connectivity index (χ0v) is 30.1. The van der Waals surface area contributed by atoms with E-state index in [1.165, 1.54) is 60.7 Å². The lowest BCUT2D eigenvalue weighted by molar-refractivity contribution is -0.137. The van der Waals surface area contributed by atoms with E-state index in [1.807, 2.05) is 0 Å². The summed E-state index contributed by atoms with van der Waals surface area (Å²) in [7, 11) is 0. The maximum atomic E-state index is 13.7. The Hall–Kier alpha value is -7.51. The highest BCUT2D eigenvalue weighted by molar-refractivity contribution is 5.79. The number of nitrogens with one attached hydrogen (secondary N) is 2. The van der Waals surface area contributed by atoms with Crippen LogP contribution in [0.15, 0.2) is 97.1 Å². The summed E-state index contributed by atoms with van der Waals surface area (Å²) in [5, 5.41) is 5.92. The number of alkyl halides is 5. The Bertz CT molecular complexity index is 2750. The van der Waals surface area contributed by atoms with Gasteiger partial charge in [-0.3, -0.25) is 9.13 Å². The zero-order valence-electron chi connectivity index (χ0n) is 30.1. The largest absolute Gasteiger partial charge is 0.435 e. The molecule has 0 saturated heterocycles. The Balaban J connectivity index is 0.000000177. The van der Waals surface area contributed by atoms with E-state index in [2.05, 4.69) is 45.3 Å². The van der Waals surface area contributed by atoms with E-state index in [0.717, 1.165) is 12.1 Å². The number of hydrogen-bond donors (Lipinski definition) is 4. The average Bonchev–Trinajstić information content (AvgIpc) is 3.65. The van der Waals surface area contributed by atoms with Gasteiger partial charge >= 0.3 is 12.8 Å². The van der Waals surface area contributed by atoms with Crippen molar-refractivity contribution < 1.29 is 35.5 Å². The highest BCUT2D eigenvalue weighted by Gasteiger charge is 2.30. The third-order valence-corrected chi connectivity index (χ3v) is 8.27. The molecule has 0 unspecified atom stereocenters. The summed E-state index contributed by atoms with van der Waals surface area (Å²) in [6.45, 7) is 0.572. The van der Waals surface area contributed by atoms with Gasteiger partial charge in [-0.05, 0) is 86.6 Å². The number of benzene rings is 4. The summed E-state index contributed by atoms with van der Waals surface area (Å²) in [6.07, 6.45) is -4.42. The minimum absolute atomic E-state index is 0.0379. The molecule has 0 fully saturated rings. The van der Waals surface area contributed by atoms with Crippen LogP contribution in [0.4, 0.5) is 65.4 Å². The number of anilines is 6.